The van der Waals surface area contributed by atoms with Gasteiger partial charge in [-0.25, -0.2) is 9.48 Å². The molecule has 0 saturated carbocycles. The maximum Gasteiger partial charge on any atom is 0.337 e. The summed E-state index contributed by atoms with van der Waals surface area (Å²) in [4.78, 5) is 22.4. The number of methoxy groups -OCH3 is 2. The molecule has 0 amide bonds. The second kappa shape index (κ2) is 6.07. The molecule has 7 nitrogen and oxygen atoms in total. The minimum Gasteiger partial charge on any atom is -0.465 e. The molecular formula is C13H13N3O4. The van der Waals surface area contributed by atoms with E-state index in [9.17, 15) is 9.59 Å². The molecule has 0 unspecified atom stereocenters. The molecule has 1 heterocycles. The van der Waals surface area contributed by atoms with Gasteiger partial charge in [0.1, 0.15) is 5.69 Å². The van der Waals surface area contributed by atoms with Crippen LogP contribution in [0.1, 0.15) is 26.5 Å². The topological polar surface area (TPSA) is 83.3 Å². The highest BCUT2D eigenvalue weighted by molar-refractivity contribution is 5.89. The third-order valence-corrected chi connectivity index (χ3v) is 2.70. The van der Waals surface area contributed by atoms with Crippen molar-refractivity contribution in [3.8, 4) is 5.69 Å². The zero-order chi connectivity index (χ0) is 14.5. The Morgan fingerprint density at radius 1 is 1.40 bits per heavy atom. The first-order chi connectivity index (χ1) is 9.71. The predicted molar refractivity (Wildman–Crippen MR) is 68.8 cm³/mol. The summed E-state index contributed by atoms with van der Waals surface area (Å²) in [6.07, 6.45) is 0.613. The van der Waals surface area contributed by atoms with Gasteiger partial charge in [-0.05, 0) is 18.2 Å². The van der Waals surface area contributed by atoms with Crippen LogP contribution in [-0.2, 0) is 16.1 Å². The number of ether oxygens (including phenoxy) is 2. The number of aldehydes is 1. The van der Waals surface area contributed by atoms with Crippen molar-refractivity contribution >= 4 is 12.3 Å². The van der Waals surface area contributed by atoms with Crippen molar-refractivity contribution in [1.82, 2.24) is 15.0 Å². The Kier molecular flexibility index (Phi) is 4.21. The van der Waals surface area contributed by atoms with Gasteiger partial charge in [0.25, 0.3) is 0 Å². The third kappa shape index (κ3) is 2.57. The Morgan fingerprint density at radius 3 is 2.85 bits per heavy atom. The van der Waals surface area contributed by atoms with Crippen molar-refractivity contribution < 1.29 is 19.1 Å². The van der Waals surface area contributed by atoms with Gasteiger partial charge in [-0.1, -0.05) is 11.3 Å². The second-order valence-electron chi connectivity index (χ2n) is 3.93. The highest BCUT2D eigenvalue weighted by Crippen LogP contribution is 2.15. The number of hydrogen-bond acceptors (Lipinski definition) is 6. The van der Waals surface area contributed by atoms with Crippen molar-refractivity contribution in [3.05, 3.63) is 41.2 Å². The van der Waals surface area contributed by atoms with Crippen LogP contribution < -0.4 is 0 Å². The lowest BCUT2D eigenvalue weighted by Gasteiger charge is -2.07. The number of nitrogens with zero attached hydrogens (tertiary/aromatic N) is 3. The summed E-state index contributed by atoms with van der Waals surface area (Å²) < 4.78 is 11.2. The lowest BCUT2D eigenvalue weighted by Crippen LogP contribution is -2.07. The molecule has 0 N–H and O–H groups in total. The quantitative estimate of drug-likeness (QED) is 0.598. The summed E-state index contributed by atoms with van der Waals surface area (Å²) in [5, 5.41) is 7.68. The Labute approximate surface area is 115 Å². The second-order valence-corrected chi connectivity index (χ2v) is 3.93. The molecule has 0 spiro atoms. The molecule has 1 aromatic carbocycles. The van der Waals surface area contributed by atoms with E-state index < -0.39 is 5.97 Å². The molecule has 0 bridgehead atoms. The summed E-state index contributed by atoms with van der Waals surface area (Å²) in [5.74, 6) is -0.448. The van der Waals surface area contributed by atoms with Crippen LogP contribution in [0.15, 0.2) is 24.3 Å². The van der Waals surface area contributed by atoms with E-state index in [-0.39, 0.29) is 12.3 Å². The van der Waals surface area contributed by atoms with Crippen LogP contribution >= 0.6 is 0 Å². The molecule has 2 aromatic rings. The molecule has 0 atom stereocenters. The summed E-state index contributed by atoms with van der Waals surface area (Å²) in [5.41, 5.74) is 1.71. The van der Waals surface area contributed by atoms with Crippen LogP contribution in [0.4, 0.5) is 0 Å². The molecular weight excluding hydrogens is 262 g/mol. The highest BCUT2D eigenvalue weighted by Gasteiger charge is 2.15. The minimum absolute atomic E-state index is 0.184. The van der Waals surface area contributed by atoms with Crippen molar-refractivity contribution in [2.45, 2.75) is 6.61 Å². The zero-order valence-electron chi connectivity index (χ0n) is 11.1. The molecule has 0 aliphatic heterocycles. The average molecular weight is 275 g/mol. The van der Waals surface area contributed by atoms with Gasteiger partial charge in [0.05, 0.1) is 25.0 Å². The zero-order valence-corrected chi connectivity index (χ0v) is 11.1. The predicted octanol–water partition coefficient (Wildman–Crippen LogP) is 1.01. The van der Waals surface area contributed by atoms with Crippen molar-refractivity contribution in [3.63, 3.8) is 0 Å². The van der Waals surface area contributed by atoms with Crippen LogP contribution in [-0.4, -0.2) is 41.5 Å². The van der Waals surface area contributed by atoms with Crippen LogP contribution in [0.5, 0.6) is 0 Å². The van der Waals surface area contributed by atoms with E-state index in [2.05, 4.69) is 15.0 Å². The first kappa shape index (κ1) is 13.9. The monoisotopic (exact) mass is 275 g/mol. The Hall–Kier alpha value is -2.54. The number of benzene rings is 1. The fourth-order valence-corrected chi connectivity index (χ4v) is 1.77. The molecule has 0 aliphatic carbocycles. The van der Waals surface area contributed by atoms with Gasteiger partial charge in [-0.15, -0.1) is 5.10 Å². The van der Waals surface area contributed by atoms with Gasteiger partial charge in [-0.3, -0.25) is 4.79 Å². The van der Waals surface area contributed by atoms with E-state index in [1.165, 1.54) is 18.9 Å². The van der Waals surface area contributed by atoms with E-state index in [1.54, 1.807) is 24.3 Å². The Morgan fingerprint density at radius 2 is 2.20 bits per heavy atom. The number of carbonyl (C=O) groups excluding carboxylic acids is 2. The number of carbonyl (C=O) groups is 2. The van der Waals surface area contributed by atoms with E-state index in [4.69, 9.17) is 4.74 Å². The van der Waals surface area contributed by atoms with Gasteiger partial charge in [0.2, 0.25) is 0 Å². The maximum absolute atomic E-state index is 11.5. The minimum atomic E-state index is -0.448. The van der Waals surface area contributed by atoms with E-state index >= 15 is 0 Å². The molecule has 0 aliphatic rings. The van der Waals surface area contributed by atoms with E-state index in [0.29, 0.717) is 23.2 Å². The smallest absolute Gasteiger partial charge is 0.337 e. The number of hydrogen-bond donors (Lipinski definition) is 0. The average Bonchev–Trinajstić information content (AvgIpc) is 2.90. The summed E-state index contributed by atoms with van der Waals surface area (Å²) in [7, 11) is 2.82. The van der Waals surface area contributed by atoms with Gasteiger partial charge < -0.3 is 9.47 Å². The molecule has 20 heavy (non-hydrogen) atoms. The number of aromatic nitrogens is 3. The summed E-state index contributed by atoms with van der Waals surface area (Å²) in [6, 6.07) is 6.67. The third-order valence-electron chi connectivity index (χ3n) is 2.70. The standard InChI is InChI=1S/C13H13N3O4/c1-19-8-12-11(7-17)14-15-16(12)10-5-3-4-9(6-10)13(18)20-2/h3-7H,8H2,1-2H3. The molecule has 0 radical (unpaired) electrons. The molecule has 7 heteroatoms. The first-order valence-corrected chi connectivity index (χ1v) is 5.78. The Bertz CT molecular complexity index is 636. The fourth-order valence-electron chi connectivity index (χ4n) is 1.77. The lowest BCUT2D eigenvalue weighted by atomic mass is 10.2. The van der Waals surface area contributed by atoms with Gasteiger partial charge >= 0.3 is 5.97 Å². The van der Waals surface area contributed by atoms with E-state index in [0.717, 1.165) is 0 Å². The maximum atomic E-state index is 11.5. The summed E-state index contributed by atoms with van der Waals surface area (Å²) in [6.45, 7) is 0.184. The van der Waals surface area contributed by atoms with Gasteiger partial charge in [0, 0.05) is 7.11 Å². The summed E-state index contributed by atoms with van der Waals surface area (Å²) >= 11 is 0. The normalized spacial score (nSPS) is 10.3. The Balaban J connectivity index is 2.48. The molecule has 104 valence electrons. The van der Waals surface area contributed by atoms with Gasteiger partial charge in [-0.2, -0.15) is 0 Å². The largest absolute Gasteiger partial charge is 0.465 e. The van der Waals surface area contributed by atoms with Crippen LogP contribution in [0.25, 0.3) is 5.69 Å². The van der Waals surface area contributed by atoms with Crippen molar-refractivity contribution in [1.29, 1.82) is 0 Å². The highest BCUT2D eigenvalue weighted by atomic mass is 16.5. The molecule has 1 aromatic heterocycles. The number of esters is 1. The lowest BCUT2D eigenvalue weighted by molar-refractivity contribution is 0.0600. The fraction of sp³-hybridized carbons (Fsp3) is 0.231. The van der Waals surface area contributed by atoms with Crippen molar-refractivity contribution in [2.75, 3.05) is 14.2 Å². The van der Waals surface area contributed by atoms with E-state index in [1.807, 2.05) is 0 Å². The molecule has 0 fully saturated rings. The van der Waals surface area contributed by atoms with Gasteiger partial charge in [0.15, 0.2) is 12.0 Å². The molecule has 0 saturated heterocycles. The molecule has 2 rings (SSSR count). The van der Waals surface area contributed by atoms with Crippen molar-refractivity contribution in [2.24, 2.45) is 0 Å². The SMILES string of the molecule is COCc1c(C=O)nnn1-c1cccc(C(=O)OC)c1. The number of rotatable bonds is 5. The van der Waals surface area contributed by atoms with Crippen LogP contribution in [0.2, 0.25) is 0 Å². The van der Waals surface area contributed by atoms with Crippen LogP contribution in [0.3, 0.4) is 0 Å². The van der Waals surface area contributed by atoms with Crippen LogP contribution in [0, 0.1) is 0 Å². The first-order valence-electron chi connectivity index (χ1n) is 5.78.